The normalized spacial score (nSPS) is 30.5. The third-order valence-corrected chi connectivity index (χ3v) is 6.30. The first-order chi connectivity index (χ1) is 11.6. The van der Waals surface area contributed by atoms with Crippen LogP contribution in [0.5, 0.6) is 0 Å². The van der Waals surface area contributed by atoms with E-state index in [1.165, 1.54) is 19.1 Å². The number of carbonyl (C=O) groups excluding carboxylic acids is 1. The number of amides is 1. The van der Waals surface area contributed by atoms with E-state index < -0.39 is 11.4 Å². The minimum absolute atomic E-state index is 0.168. The Hall–Kier alpha value is -1.85. The summed E-state index contributed by atoms with van der Waals surface area (Å²) in [7, 11) is 0. The molecule has 2 saturated carbocycles. The number of carbonyl (C=O) groups is 2. The fraction of sp³-hybridized carbons (Fsp3) is 0.722. The lowest BCUT2D eigenvalue weighted by Crippen LogP contribution is -2.48. The van der Waals surface area contributed by atoms with E-state index in [2.05, 4.69) is 4.98 Å². The van der Waals surface area contributed by atoms with Crippen LogP contribution < -0.4 is 0 Å². The summed E-state index contributed by atoms with van der Waals surface area (Å²) in [5, 5.41) is 9.74. The van der Waals surface area contributed by atoms with Crippen LogP contribution in [-0.4, -0.2) is 39.5 Å². The minimum atomic E-state index is -0.758. The molecule has 1 amide bonds. The highest BCUT2D eigenvalue weighted by molar-refractivity contribution is 5.93. The van der Waals surface area contributed by atoms with Gasteiger partial charge in [0, 0.05) is 18.5 Å². The number of aromatic nitrogens is 1. The van der Waals surface area contributed by atoms with Crippen LogP contribution in [0, 0.1) is 5.41 Å². The second-order valence-corrected chi connectivity index (χ2v) is 7.52. The number of carboxylic acid groups (broad SMARTS) is 1. The molecule has 2 atom stereocenters. The quantitative estimate of drug-likeness (QED) is 0.919. The van der Waals surface area contributed by atoms with E-state index in [1.807, 2.05) is 0 Å². The summed E-state index contributed by atoms with van der Waals surface area (Å²) in [4.78, 5) is 31.0. The van der Waals surface area contributed by atoms with Crippen molar-refractivity contribution >= 4 is 11.9 Å². The maximum atomic E-state index is 12.9. The highest BCUT2D eigenvalue weighted by atomic mass is 16.4. The molecule has 3 aliphatic rings. The molecule has 1 aromatic heterocycles. The Bertz CT molecular complexity index is 649. The van der Waals surface area contributed by atoms with Crippen molar-refractivity contribution in [1.29, 1.82) is 0 Å². The summed E-state index contributed by atoms with van der Waals surface area (Å²) in [5.41, 5.74) is -0.421. The summed E-state index contributed by atoms with van der Waals surface area (Å²) in [6, 6.07) is -0.206. The van der Waals surface area contributed by atoms with Crippen LogP contribution in [0.4, 0.5) is 0 Å². The van der Waals surface area contributed by atoms with Crippen LogP contribution >= 0.6 is 0 Å². The van der Waals surface area contributed by atoms with E-state index in [9.17, 15) is 14.7 Å². The molecule has 2 heterocycles. The van der Waals surface area contributed by atoms with Gasteiger partial charge in [0.1, 0.15) is 6.26 Å². The maximum absolute atomic E-state index is 12.9. The first kappa shape index (κ1) is 15.7. The van der Waals surface area contributed by atoms with Gasteiger partial charge in [-0.25, -0.2) is 4.98 Å². The van der Waals surface area contributed by atoms with Gasteiger partial charge in [0.15, 0.2) is 11.6 Å². The molecule has 1 aliphatic heterocycles. The van der Waals surface area contributed by atoms with Crippen LogP contribution in [0.15, 0.2) is 10.7 Å². The molecule has 0 radical (unpaired) electrons. The highest BCUT2D eigenvalue weighted by Crippen LogP contribution is 2.47. The molecule has 130 valence electrons. The molecule has 3 fully saturated rings. The lowest BCUT2D eigenvalue weighted by Gasteiger charge is -2.38. The Balaban J connectivity index is 1.55. The fourth-order valence-corrected chi connectivity index (χ4v) is 4.94. The number of nitrogens with zero attached hydrogens (tertiary/aromatic N) is 2. The number of hydrogen-bond acceptors (Lipinski definition) is 4. The Labute approximate surface area is 141 Å². The van der Waals surface area contributed by atoms with Gasteiger partial charge in [0.2, 0.25) is 0 Å². The van der Waals surface area contributed by atoms with Crippen molar-refractivity contribution < 1.29 is 19.1 Å². The van der Waals surface area contributed by atoms with Crippen LogP contribution in [0.2, 0.25) is 0 Å². The summed E-state index contributed by atoms with van der Waals surface area (Å²) in [5.74, 6) is 0.0772. The predicted octanol–water partition coefficient (Wildman–Crippen LogP) is 3.19. The zero-order chi connectivity index (χ0) is 16.7. The van der Waals surface area contributed by atoms with Crippen molar-refractivity contribution in [2.24, 2.45) is 5.41 Å². The molecule has 1 N–H and O–H groups in total. The van der Waals surface area contributed by atoms with E-state index in [-0.39, 0.29) is 11.9 Å². The van der Waals surface area contributed by atoms with Gasteiger partial charge in [-0.05, 0) is 32.1 Å². The molecule has 2 aliphatic carbocycles. The number of fused-ring (bicyclic) bond motifs is 1. The van der Waals surface area contributed by atoms with Gasteiger partial charge in [-0.15, -0.1) is 0 Å². The number of hydrogen-bond donors (Lipinski definition) is 1. The maximum Gasteiger partial charge on any atom is 0.311 e. The van der Waals surface area contributed by atoms with Crippen molar-refractivity contribution in [3.63, 3.8) is 0 Å². The van der Waals surface area contributed by atoms with Crippen LogP contribution in [-0.2, 0) is 4.79 Å². The van der Waals surface area contributed by atoms with E-state index in [4.69, 9.17) is 4.42 Å². The monoisotopic (exact) mass is 332 g/mol. The molecule has 0 unspecified atom stereocenters. The molecule has 24 heavy (non-hydrogen) atoms. The number of carboxylic acids is 1. The van der Waals surface area contributed by atoms with Gasteiger partial charge < -0.3 is 14.4 Å². The number of aliphatic carboxylic acids is 1. The fourth-order valence-electron chi connectivity index (χ4n) is 4.94. The lowest BCUT2D eigenvalue weighted by atomic mass is 9.70. The second kappa shape index (κ2) is 5.90. The zero-order valence-corrected chi connectivity index (χ0v) is 13.9. The van der Waals surface area contributed by atoms with Crippen LogP contribution in [0.3, 0.4) is 0 Å². The number of oxazole rings is 1. The molecule has 0 spiro atoms. The first-order valence-electron chi connectivity index (χ1n) is 9.11. The third-order valence-electron chi connectivity index (χ3n) is 6.30. The summed E-state index contributed by atoms with van der Waals surface area (Å²) < 4.78 is 5.56. The van der Waals surface area contributed by atoms with Crippen LogP contribution in [0.1, 0.15) is 80.1 Å². The molecule has 0 aromatic carbocycles. The van der Waals surface area contributed by atoms with Crippen molar-refractivity contribution in [3.05, 3.63) is 17.8 Å². The number of rotatable bonds is 3. The zero-order valence-electron chi connectivity index (χ0n) is 13.9. The summed E-state index contributed by atoms with van der Waals surface area (Å²) >= 11 is 0. The summed E-state index contributed by atoms with van der Waals surface area (Å²) in [6.07, 6.45) is 9.87. The van der Waals surface area contributed by atoms with E-state index in [0.717, 1.165) is 32.1 Å². The van der Waals surface area contributed by atoms with Gasteiger partial charge in [-0.1, -0.05) is 25.7 Å². The topological polar surface area (TPSA) is 83.6 Å². The van der Waals surface area contributed by atoms with Crippen molar-refractivity contribution in [2.75, 3.05) is 6.54 Å². The third kappa shape index (κ3) is 2.34. The van der Waals surface area contributed by atoms with Crippen molar-refractivity contribution in [2.45, 2.75) is 69.7 Å². The minimum Gasteiger partial charge on any atom is -0.481 e. The first-order valence-corrected chi connectivity index (χ1v) is 9.11. The van der Waals surface area contributed by atoms with Crippen LogP contribution in [0.25, 0.3) is 0 Å². The molecule has 0 bridgehead atoms. The van der Waals surface area contributed by atoms with Gasteiger partial charge >= 0.3 is 5.97 Å². The SMILES string of the molecule is O=C(c1coc(C2CCCC2)n1)N1CC[C@]2(C(=O)O)CCCC[C@H]12. The highest BCUT2D eigenvalue weighted by Gasteiger charge is 2.55. The van der Waals surface area contributed by atoms with E-state index >= 15 is 0 Å². The molecule has 4 rings (SSSR count). The Morgan fingerprint density at radius 3 is 2.67 bits per heavy atom. The standard InChI is InChI=1S/C18H24N2O4/c21-16(13-11-24-15(19-13)12-5-1-2-6-12)20-10-9-18(17(22)23)8-4-3-7-14(18)20/h11-12,14H,1-10H2,(H,22,23)/t14-,18+/m0/s1. The Kier molecular flexibility index (Phi) is 3.85. The van der Waals surface area contributed by atoms with Gasteiger partial charge in [-0.3, -0.25) is 9.59 Å². The van der Waals surface area contributed by atoms with Gasteiger partial charge in [0.25, 0.3) is 5.91 Å². The van der Waals surface area contributed by atoms with Crippen molar-refractivity contribution in [1.82, 2.24) is 9.88 Å². The molecule has 1 aromatic rings. The van der Waals surface area contributed by atoms with Crippen molar-refractivity contribution in [3.8, 4) is 0 Å². The smallest absolute Gasteiger partial charge is 0.311 e. The van der Waals surface area contributed by atoms with Gasteiger partial charge in [0.05, 0.1) is 5.41 Å². The predicted molar refractivity (Wildman–Crippen MR) is 85.7 cm³/mol. The summed E-state index contributed by atoms with van der Waals surface area (Å²) in [6.45, 7) is 0.501. The average molecular weight is 332 g/mol. The van der Waals surface area contributed by atoms with E-state index in [1.54, 1.807) is 4.90 Å². The molecule has 6 nitrogen and oxygen atoms in total. The molecule has 6 heteroatoms. The Morgan fingerprint density at radius 2 is 1.92 bits per heavy atom. The lowest BCUT2D eigenvalue weighted by molar-refractivity contribution is -0.152. The van der Waals surface area contributed by atoms with Gasteiger partial charge in [-0.2, -0.15) is 0 Å². The molecular weight excluding hydrogens is 308 g/mol. The number of likely N-dealkylation sites (tertiary alicyclic amines) is 1. The second-order valence-electron chi connectivity index (χ2n) is 7.52. The molecule has 1 saturated heterocycles. The van der Waals surface area contributed by atoms with E-state index in [0.29, 0.717) is 36.9 Å². The average Bonchev–Trinajstić information content (AvgIpc) is 3.32. The largest absolute Gasteiger partial charge is 0.481 e. The Morgan fingerprint density at radius 1 is 1.17 bits per heavy atom. The molecular formula is C18H24N2O4.